The number of aliphatic imine (C=N–C) groups is 1. The van der Waals surface area contributed by atoms with Crippen molar-refractivity contribution < 1.29 is 4.79 Å². The Kier molecular flexibility index (Phi) is 2.73. The van der Waals surface area contributed by atoms with Gasteiger partial charge in [-0.25, -0.2) is 9.98 Å². The summed E-state index contributed by atoms with van der Waals surface area (Å²) in [5.41, 5.74) is 2.74. The third-order valence-electron chi connectivity index (χ3n) is 3.05. The number of rotatable bonds is 3. The van der Waals surface area contributed by atoms with Crippen molar-refractivity contribution in [2.45, 2.75) is 12.8 Å². The van der Waals surface area contributed by atoms with Gasteiger partial charge in [-0.15, -0.1) is 0 Å². The van der Waals surface area contributed by atoms with Gasteiger partial charge in [-0.2, -0.15) is 0 Å². The SMILES string of the molecule is O=C(Cc1ccccc1)c1ccnc2c1CC=N2. The molecule has 0 saturated carbocycles. The molecule has 1 aliphatic rings. The largest absolute Gasteiger partial charge is 0.294 e. The number of hydrogen-bond donors (Lipinski definition) is 0. The highest BCUT2D eigenvalue weighted by Crippen LogP contribution is 2.25. The van der Waals surface area contributed by atoms with E-state index in [0.717, 1.165) is 16.7 Å². The van der Waals surface area contributed by atoms with Crippen molar-refractivity contribution in [2.75, 3.05) is 0 Å². The first kappa shape index (κ1) is 10.8. The topological polar surface area (TPSA) is 42.3 Å². The first-order valence-electron chi connectivity index (χ1n) is 5.92. The average molecular weight is 236 g/mol. The fourth-order valence-electron chi connectivity index (χ4n) is 2.15. The van der Waals surface area contributed by atoms with Gasteiger partial charge in [0.1, 0.15) is 0 Å². The van der Waals surface area contributed by atoms with Gasteiger partial charge < -0.3 is 0 Å². The van der Waals surface area contributed by atoms with Crippen LogP contribution in [0.2, 0.25) is 0 Å². The summed E-state index contributed by atoms with van der Waals surface area (Å²) in [6.45, 7) is 0. The van der Waals surface area contributed by atoms with Crippen molar-refractivity contribution in [1.82, 2.24) is 4.98 Å². The second-order valence-corrected chi connectivity index (χ2v) is 4.26. The number of Topliss-reactive ketones (excluding diaryl/α,β-unsaturated/α-hetero) is 1. The van der Waals surface area contributed by atoms with Crippen LogP contribution in [0.15, 0.2) is 47.6 Å². The molecule has 0 spiro atoms. The van der Waals surface area contributed by atoms with E-state index in [2.05, 4.69) is 9.98 Å². The second kappa shape index (κ2) is 4.53. The third kappa shape index (κ3) is 1.95. The Morgan fingerprint density at radius 3 is 2.83 bits per heavy atom. The van der Waals surface area contributed by atoms with Crippen LogP contribution in [0.1, 0.15) is 21.5 Å². The third-order valence-corrected chi connectivity index (χ3v) is 3.05. The maximum absolute atomic E-state index is 12.3. The van der Waals surface area contributed by atoms with Gasteiger partial charge in [0, 0.05) is 36.4 Å². The summed E-state index contributed by atoms with van der Waals surface area (Å²) >= 11 is 0. The molecule has 0 bridgehead atoms. The lowest BCUT2D eigenvalue weighted by molar-refractivity contribution is 0.0992. The highest BCUT2D eigenvalue weighted by atomic mass is 16.1. The van der Waals surface area contributed by atoms with E-state index >= 15 is 0 Å². The molecule has 1 aliphatic heterocycles. The van der Waals surface area contributed by atoms with Crippen LogP contribution >= 0.6 is 0 Å². The summed E-state index contributed by atoms with van der Waals surface area (Å²) in [4.78, 5) is 20.6. The minimum absolute atomic E-state index is 0.130. The molecule has 0 atom stereocenters. The molecular formula is C15H12N2O. The van der Waals surface area contributed by atoms with E-state index in [1.807, 2.05) is 30.3 Å². The van der Waals surface area contributed by atoms with Gasteiger partial charge in [0.15, 0.2) is 11.6 Å². The van der Waals surface area contributed by atoms with Crippen molar-refractivity contribution >= 4 is 17.8 Å². The number of fused-ring (bicyclic) bond motifs is 1. The Morgan fingerprint density at radius 2 is 2.00 bits per heavy atom. The van der Waals surface area contributed by atoms with Crippen LogP contribution in [0.3, 0.4) is 0 Å². The predicted molar refractivity (Wildman–Crippen MR) is 70.6 cm³/mol. The summed E-state index contributed by atoms with van der Waals surface area (Å²) in [6, 6.07) is 11.6. The number of aromatic nitrogens is 1. The minimum atomic E-state index is 0.130. The van der Waals surface area contributed by atoms with Crippen LogP contribution in [-0.4, -0.2) is 17.0 Å². The molecule has 0 N–H and O–H groups in total. The van der Waals surface area contributed by atoms with Crippen molar-refractivity contribution in [2.24, 2.45) is 4.99 Å². The number of carbonyl (C=O) groups is 1. The van der Waals surface area contributed by atoms with Crippen molar-refractivity contribution in [3.8, 4) is 0 Å². The van der Waals surface area contributed by atoms with Gasteiger partial charge in [0.05, 0.1) is 0 Å². The molecule has 0 unspecified atom stereocenters. The maximum Gasteiger partial charge on any atom is 0.167 e. The number of pyridine rings is 1. The quantitative estimate of drug-likeness (QED) is 0.769. The molecule has 2 aromatic rings. The number of ketones is 1. The van der Waals surface area contributed by atoms with Gasteiger partial charge in [-0.1, -0.05) is 30.3 Å². The standard InChI is InChI=1S/C15H12N2O/c18-14(10-11-4-2-1-3-5-11)12-6-8-16-15-13(12)7-9-17-15/h1-6,8-9H,7,10H2. The molecule has 18 heavy (non-hydrogen) atoms. The molecule has 0 amide bonds. The van der Waals surface area contributed by atoms with Gasteiger partial charge in [-0.3, -0.25) is 4.79 Å². The summed E-state index contributed by atoms with van der Waals surface area (Å²) in [5.74, 6) is 0.819. The zero-order chi connectivity index (χ0) is 12.4. The second-order valence-electron chi connectivity index (χ2n) is 4.26. The maximum atomic E-state index is 12.3. The summed E-state index contributed by atoms with van der Waals surface area (Å²) in [6.07, 6.45) is 4.59. The first-order chi connectivity index (χ1) is 8.84. The van der Waals surface area contributed by atoms with Crippen LogP contribution in [0, 0.1) is 0 Å². The molecule has 88 valence electrons. The van der Waals surface area contributed by atoms with E-state index in [4.69, 9.17) is 0 Å². The van der Waals surface area contributed by atoms with E-state index in [-0.39, 0.29) is 5.78 Å². The van der Waals surface area contributed by atoms with Gasteiger partial charge in [0.2, 0.25) is 0 Å². The van der Waals surface area contributed by atoms with Crippen LogP contribution in [0.25, 0.3) is 0 Å². The fourth-order valence-corrected chi connectivity index (χ4v) is 2.15. The van der Waals surface area contributed by atoms with Gasteiger partial charge >= 0.3 is 0 Å². The van der Waals surface area contributed by atoms with Gasteiger partial charge in [0.25, 0.3) is 0 Å². The van der Waals surface area contributed by atoms with Crippen LogP contribution in [-0.2, 0) is 12.8 Å². The monoisotopic (exact) mass is 236 g/mol. The highest BCUT2D eigenvalue weighted by Gasteiger charge is 2.17. The van der Waals surface area contributed by atoms with Gasteiger partial charge in [-0.05, 0) is 11.6 Å². The van der Waals surface area contributed by atoms with Crippen molar-refractivity contribution in [3.05, 3.63) is 59.3 Å². The lowest BCUT2D eigenvalue weighted by atomic mass is 9.99. The minimum Gasteiger partial charge on any atom is -0.294 e. The Hall–Kier alpha value is -2.29. The Bertz CT molecular complexity index is 618. The Morgan fingerprint density at radius 1 is 1.17 bits per heavy atom. The summed E-state index contributed by atoms with van der Waals surface area (Å²) < 4.78 is 0. The lowest BCUT2D eigenvalue weighted by Crippen LogP contribution is -2.07. The molecule has 3 nitrogen and oxygen atoms in total. The van der Waals surface area contributed by atoms with Crippen LogP contribution < -0.4 is 0 Å². The van der Waals surface area contributed by atoms with Crippen LogP contribution in [0.5, 0.6) is 0 Å². The van der Waals surface area contributed by atoms with E-state index in [1.165, 1.54) is 0 Å². The number of nitrogens with zero attached hydrogens (tertiary/aromatic N) is 2. The van der Waals surface area contributed by atoms with E-state index in [0.29, 0.717) is 18.7 Å². The number of benzene rings is 1. The smallest absolute Gasteiger partial charge is 0.167 e. The summed E-state index contributed by atoms with van der Waals surface area (Å²) in [7, 11) is 0. The molecule has 0 saturated heterocycles. The lowest BCUT2D eigenvalue weighted by Gasteiger charge is -2.05. The first-order valence-corrected chi connectivity index (χ1v) is 5.92. The predicted octanol–water partition coefficient (Wildman–Crippen LogP) is 2.77. The van der Waals surface area contributed by atoms with Crippen molar-refractivity contribution in [3.63, 3.8) is 0 Å². The zero-order valence-electron chi connectivity index (χ0n) is 9.84. The fraction of sp³-hybridized carbons (Fsp3) is 0.133. The summed E-state index contributed by atoms with van der Waals surface area (Å²) in [5, 5.41) is 0. The zero-order valence-corrected chi connectivity index (χ0v) is 9.84. The molecule has 3 rings (SSSR count). The number of carbonyl (C=O) groups excluding carboxylic acids is 1. The Labute approximate surface area is 105 Å². The molecule has 0 radical (unpaired) electrons. The molecule has 3 heteroatoms. The highest BCUT2D eigenvalue weighted by molar-refractivity contribution is 6.01. The molecule has 0 fully saturated rings. The molecule has 1 aromatic heterocycles. The normalized spacial score (nSPS) is 12.4. The number of hydrogen-bond acceptors (Lipinski definition) is 3. The van der Waals surface area contributed by atoms with E-state index in [9.17, 15) is 4.79 Å². The molecule has 1 aromatic carbocycles. The van der Waals surface area contributed by atoms with Crippen LogP contribution in [0.4, 0.5) is 5.82 Å². The Balaban J connectivity index is 1.88. The van der Waals surface area contributed by atoms with Crippen molar-refractivity contribution in [1.29, 1.82) is 0 Å². The molecule has 2 heterocycles. The molecule has 0 aliphatic carbocycles. The van der Waals surface area contributed by atoms with E-state index in [1.54, 1.807) is 18.5 Å². The molecular weight excluding hydrogens is 224 g/mol. The average Bonchev–Trinajstić information content (AvgIpc) is 2.87. The van der Waals surface area contributed by atoms with E-state index < -0.39 is 0 Å².